The summed E-state index contributed by atoms with van der Waals surface area (Å²) in [4.78, 5) is 0. The van der Waals surface area contributed by atoms with Gasteiger partial charge in [-0.2, -0.15) is 0 Å². The van der Waals surface area contributed by atoms with Gasteiger partial charge in [0.1, 0.15) is 12.2 Å². The van der Waals surface area contributed by atoms with Crippen LogP contribution in [-0.4, -0.2) is 53.5 Å². The molecule has 0 saturated carbocycles. The molecule has 5 atom stereocenters. The minimum Gasteiger partial charge on any atom is -0.372 e. The number of terminal acetylenes is 1. The summed E-state index contributed by atoms with van der Waals surface area (Å²) in [5, 5.41) is 10.8. The van der Waals surface area contributed by atoms with Crippen LogP contribution in [-0.2, 0) is 23.7 Å². The molecule has 3 saturated heterocycles. The van der Waals surface area contributed by atoms with E-state index in [1.807, 2.05) is 0 Å². The third-order valence-corrected chi connectivity index (χ3v) is 3.81. The number of ether oxygens (including phenoxy) is 5. The monoisotopic (exact) mass is 284 g/mol. The van der Waals surface area contributed by atoms with E-state index in [4.69, 9.17) is 30.1 Å². The Morgan fingerprint density at radius 1 is 1.05 bits per heavy atom. The first-order valence-corrected chi connectivity index (χ1v) is 6.70. The highest BCUT2D eigenvalue weighted by atomic mass is 16.8. The molecule has 0 aromatic carbocycles. The van der Waals surface area contributed by atoms with Gasteiger partial charge >= 0.3 is 0 Å². The molecule has 1 N–H and O–H groups in total. The molecule has 0 unspecified atom stereocenters. The minimum atomic E-state index is -1.60. The number of aliphatic hydroxyl groups is 1. The Balaban J connectivity index is 1.83. The maximum Gasteiger partial charge on any atom is 0.191 e. The second-order valence-corrected chi connectivity index (χ2v) is 6.32. The fraction of sp³-hybridized carbons (Fsp3) is 0.857. The van der Waals surface area contributed by atoms with Gasteiger partial charge in [-0.3, -0.25) is 0 Å². The summed E-state index contributed by atoms with van der Waals surface area (Å²) in [6, 6.07) is 0. The number of fused-ring (bicyclic) bond motifs is 1. The van der Waals surface area contributed by atoms with Gasteiger partial charge in [-0.05, 0) is 27.7 Å². The molecule has 112 valence electrons. The van der Waals surface area contributed by atoms with E-state index in [1.54, 1.807) is 27.7 Å². The van der Waals surface area contributed by atoms with E-state index in [0.717, 1.165) is 0 Å². The number of hydrogen-bond donors (Lipinski definition) is 1. The van der Waals surface area contributed by atoms with Crippen LogP contribution in [0.3, 0.4) is 0 Å². The first kappa shape index (κ1) is 14.3. The van der Waals surface area contributed by atoms with E-state index in [1.165, 1.54) is 0 Å². The van der Waals surface area contributed by atoms with Gasteiger partial charge in [-0.15, -0.1) is 6.42 Å². The van der Waals surface area contributed by atoms with Crippen molar-refractivity contribution in [2.24, 2.45) is 0 Å². The van der Waals surface area contributed by atoms with Gasteiger partial charge in [0.2, 0.25) is 0 Å². The van der Waals surface area contributed by atoms with Crippen molar-refractivity contribution in [3.8, 4) is 12.3 Å². The third kappa shape index (κ3) is 2.06. The van der Waals surface area contributed by atoms with Gasteiger partial charge in [0.15, 0.2) is 29.6 Å². The standard InChI is InChI=1S/C14H20O6/c1-6-14(15)9(8-7-16-12(2,3)18-8)17-11-10(14)19-13(4,5)20-11/h1,8-11,15H,7H2,2-5H3/t8-,9-,10+,11-,14-/m1/s1. The third-order valence-electron chi connectivity index (χ3n) is 3.81. The first-order valence-electron chi connectivity index (χ1n) is 6.70. The minimum absolute atomic E-state index is 0.296. The quantitative estimate of drug-likeness (QED) is 0.702. The average Bonchev–Trinajstić information content (AvgIpc) is 2.91. The molecule has 6 nitrogen and oxygen atoms in total. The summed E-state index contributed by atoms with van der Waals surface area (Å²) in [6.07, 6.45) is 2.87. The predicted octanol–water partition coefficient (Wildman–Crippen LogP) is 0.379. The van der Waals surface area contributed by atoms with Crippen LogP contribution in [0.1, 0.15) is 27.7 Å². The maximum atomic E-state index is 10.8. The van der Waals surface area contributed by atoms with Crippen LogP contribution in [0.5, 0.6) is 0 Å². The Bertz CT molecular complexity index is 453. The van der Waals surface area contributed by atoms with Crippen molar-refractivity contribution in [3.05, 3.63) is 0 Å². The van der Waals surface area contributed by atoms with Crippen molar-refractivity contribution in [1.29, 1.82) is 0 Å². The molecule has 6 heteroatoms. The molecule has 0 bridgehead atoms. The summed E-state index contributed by atoms with van der Waals surface area (Å²) in [7, 11) is 0. The van der Waals surface area contributed by atoms with Crippen LogP contribution < -0.4 is 0 Å². The Morgan fingerprint density at radius 2 is 1.75 bits per heavy atom. The smallest absolute Gasteiger partial charge is 0.191 e. The zero-order chi connectivity index (χ0) is 14.8. The topological polar surface area (TPSA) is 66.4 Å². The highest BCUT2D eigenvalue weighted by molar-refractivity contribution is 5.23. The fourth-order valence-electron chi connectivity index (χ4n) is 2.94. The van der Waals surface area contributed by atoms with Crippen molar-refractivity contribution in [3.63, 3.8) is 0 Å². The normalized spacial score (nSPS) is 49.0. The molecule has 3 aliphatic rings. The van der Waals surface area contributed by atoms with Crippen LogP contribution in [0.2, 0.25) is 0 Å². The van der Waals surface area contributed by atoms with Crippen LogP contribution >= 0.6 is 0 Å². The molecular formula is C14H20O6. The van der Waals surface area contributed by atoms with Gasteiger partial charge in [0.05, 0.1) is 6.61 Å². The number of rotatable bonds is 1. The molecule has 3 aliphatic heterocycles. The van der Waals surface area contributed by atoms with Gasteiger partial charge in [0.25, 0.3) is 0 Å². The largest absolute Gasteiger partial charge is 0.372 e. The molecule has 0 aromatic heterocycles. The molecule has 0 aromatic rings. The van der Waals surface area contributed by atoms with E-state index in [2.05, 4.69) is 5.92 Å². The molecule has 3 fully saturated rings. The lowest BCUT2D eigenvalue weighted by atomic mass is 9.90. The second-order valence-electron chi connectivity index (χ2n) is 6.32. The molecule has 0 spiro atoms. The SMILES string of the molecule is C#C[C@@]1(O)[C@@H]([C@H]2COC(C)(C)O2)O[C@@H]2OC(C)(C)O[C@@H]21. The van der Waals surface area contributed by atoms with E-state index in [0.29, 0.717) is 6.61 Å². The van der Waals surface area contributed by atoms with Crippen molar-refractivity contribution >= 4 is 0 Å². The van der Waals surface area contributed by atoms with Gasteiger partial charge in [0, 0.05) is 0 Å². The molecule has 0 radical (unpaired) electrons. The lowest BCUT2D eigenvalue weighted by Gasteiger charge is -2.32. The Labute approximate surface area is 118 Å². The number of hydrogen-bond acceptors (Lipinski definition) is 6. The van der Waals surface area contributed by atoms with Crippen molar-refractivity contribution in [1.82, 2.24) is 0 Å². The summed E-state index contributed by atoms with van der Waals surface area (Å²) < 4.78 is 28.3. The van der Waals surface area contributed by atoms with Gasteiger partial charge in [-0.25, -0.2) is 0 Å². The summed E-state index contributed by atoms with van der Waals surface area (Å²) in [5.74, 6) is 0.838. The van der Waals surface area contributed by atoms with E-state index < -0.39 is 41.8 Å². The van der Waals surface area contributed by atoms with Crippen LogP contribution in [0.25, 0.3) is 0 Å². The van der Waals surface area contributed by atoms with Crippen molar-refractivity contribution in [2.45, 2.75) is 69.5 Å². The Hall–Kier alpha value is -0.680. The summed E-state index contributed by atoms with van der Waals surface area (Å²) in [5.41, 5.74) is -1.60. The first-order chi connectivity index (χ1) is 9.17. The zero-order valence-corrected chi connectivity index (χ0v) is 12.1. The van der Waals surface area contributed by atoms with Crippen LogP contribution in [0, 0.1) is 12.3 Å². The highest BCUT2D eigenvalue weighted by Gasteiger charge is 2.65. The molecule has 20 heavy (non-hydrogen) atoms. The van der Waals surface area contributed by atoms with Crippen LogP contribution in [0.4, 0.5) is 0 Å². The molecule has 3 heterocycles. The second kappa shape index (κ2) is 4.17. The fourth-order valence-corrected chi connectivity index (χ4v) is 2.94. The zero-order valence-electron chi connectivity index (χ0n) is 12.1. The maximum absolute atomic E-state index is 10.8. The molecular weight excluding hydrogens is 264 g/mol. The molecule has 0 amide bonds. The van der Waals surface area contributed by atoms with Gasteiger partial charge in [-0.1, -0.05) is 5.92 Å². The Morgan fingerprint density at radius 3 is 2.30 bits per heavy atom. The lowest BCUT2D eigenvalue weighted by Crippen LogP contribution is -2.53. The van der Waals surface area contributed by atoms with E-state index >= 15 is 0 Å². The average molecular weight is 284 g/mol. The van der Waals surface area contributed by atoms with E-state index in [-0.39, 0.29) is 0 Å². The van der Waals surface area contributed by atoms with Crippen molar-refractivity contribution < 1.29 is 28.8 Å². The predicted molar refractivity (Wildman–Crippen MR) is 67.4 cm³/mol. The van der Waals surface area contributed by atoms with Gasteiger partial charge < -0.3 is 28.8 Å². The van der Waals surface area contributed by atoms with E-state index in [9.17, 15) is 5.11 Å². The Kier molecular flexibility index (Phi) is 2.97. The van der Waals surface area contributed by atoms with Crippen molar-refractivity contribution in [2.75, 3.05) is 6.61 Å². The lowest BCUT2D eigenvalue weighted by molar-refractivity contribution is -0.240. The summed E-state index contributed by atoms with van der Waals surface area (Å²) >= 11 is 0. The van der Waals surface area contributed by atoms with Crippen LogP contribution in [0.15, 0.2) is 0 Å². The summed E-state index contributed by atoms with van der Waals surface area (Å²) in [6.45, 7) is 7.39. The molecule has 3 rings (SSSR count). The molecule has 0 aliphatic carbocycles. The highest BCUT2D eigenvalue weighted by Crippen LogP contribution is 2.45.